The molecule has 3 nitrogen and oxygen atoms in total. The molecule has 2 rings (SSSR count). The molecule has 0 radical (unpaired) electrons. The van der Waals surface area contributed by atoms with Crippen molar-refractivity contribution >= 4 is 21.8 Å². The van der Waals surface area contributed by atoms with Crippen molar-refractivity contribution in [2.75, 3.05) is 0 Å². The van der Waals surface area contributed by atoms with E-state index in [1.807, 2.05) is 56.3 Å². The monoisotopic (exact) mass is 375 g/mol. The summed E-state index contributed by atoms with van der Waals surface area (Å²) in [6.07, 6.45) is 0.219. The molecule has 2 aromatic rings. The van der Waals surface area contributed by atoms with Crippen LogP contribution in [0.5, 0.6) is 5.75 Å². The highest BCUT2D eigenvalue weighted by atomic mass is 79.9. The molecule has 23 heavy (non-hydrogen) atoms. The summed E-state index contributed by atoms with van der Waals surface area (Å²) >= 11 is 3.38. The first-order valence-corrected chi connectivity index (χ1v) is 8.43. The molecular formula is C19H22BrNO2. The van der Waals surface area contributed by atoms with Crippen LogP contribution < -0.4 is 10.1 Å². The van der Waals surface area contributed by atoms with Gasteiger partial charge in [-0.3, -0.25) is 4.79 Å². The van der Waals surface area contributed by atoms with Crippen molar-refractivity contribution in [3.05, 3.63) is 64.6 Å². The number of carbonyl (C=O) groups is 1. The molecule has 0 aliphatic carbocycles. The zero-order valence-corrected chi connectivity index (χ0v) is 15.3. The van der Waals surface area contributed by atoms with Gasteiger partial charge in [0.1, 0.15) is 5.75 Å². The molecule has 1 unspecified atom stereocenters. The zero-order valence-electron chi connectivity index (χ0n) is 13.7. The minimum Gasteiger partial charge on any atom is -0.481 e. The van der Waals surface area contributed by atoms with Gasteiger partial charge in [0.15, 0.2) is 6.10 Å². The van der Waals surface area contributed by atoms with E-state index in [2.05, 4.69) is 33.4 Å². The molecule has 0 saturated carbocycles. The van der Waals surface area contributed by atoms with Gasteiger partial charge in [0, 0.05) is 10.0 Å². The second-order valence-corrected chi connectivity index (χ2v) is 7.17. The Bertz CT molecular complexity index is 638. The Morgan fingerprint density at radius 1 is 1.13 bits per heavy atom. The summed E-state index contributed by atoms with van der Waals surface area (Å²) in [6.45, 7) is 5.80. The number of benzene rings is 2. The summed E-state index contributed by atoms with van der Waals surface area (Å²) in [7, 11) is 0. The molecule has 1 amide bonds. The van der Waals surface area contributed by atoms with E-state index in [0.29, 0.717) is 5.75 Å². The van der Waals surface area contributed by atoms with Crippen LogP contribution in [0.3, 0.4) is 0 Å². The van der Waals surface area contributed by atoms with Crippen LogP contribution in [-0.4, -0.2) is 17.6 Å². The van der Waals surface area contributed by atoms with Crippen molar-refractivity contribution in [2.45, 2.75) is 38.8 Å². The Morgan fingerprint density at radius 2 is 1.74 bits per heavy atom. The molecule has 1 N–H and O–H groups in total. The van der Waals surface area contributed by atoms with Crippen molar-refractivity contribution in [3.63, 3.8) is 0 Å². The fourth-order valence-electron chi connectivity index (χ4n) is 2.36. The average Bonchev–Trinajstić information content (AvgIpc) is 2.49. The molecule has 0 heterocycles. The molecule has 0 aromatic heterocycles. The van der Waals surface area contributed by atoms with Crippen molar-refractivity contribution in [1.82, 2.24) is 5.32 Å². The van der Waals surface area contributed by atoms with Gasteiger partial charge < -0.3 is 10.1 Å². The first-order chi connectivity index (χ1) is 10.9. The number of ether oxygens (including phenoxy) is 1. The smallest absolute Gasteiger partial charge is 0.261 e. The number of hydrogen-bond donors (Lipinski definition) is 1. The Hall–Kier alpha value is -1.81. The zero-order chi connectivity index (χ0) is 16.9. The van der Waals surface area contributed by atoms with E-state index in [-0.39, 0.29) is 11.4 Å². The SMILES string of the molecule is CC(Oc1ccc(Br)cc1)C(=O)NC(C)(C)Cc1ccccc1. The molecule has 1 atom stereocenters. The predicted molar refractivity (Wildman–Crippen MR) is 96.6 cm³/mol. The van der Waals surface area contributed by atoms with Gasteiger partial charge in [0.05, 0.1) is 0 Å². The number of nitrogens with one attached hydrogen (secondary N) is 1. The standard InChI is InChI=1S/C19H22BrNO2/c1-14(23-17-11-9-16(20)10-12-17)18(22)21-19(2,3)13-15-7-5-4-6-8-15/h4-12,14H,13H2,1-3H3,(H,21,22). The van der Waals surface area contributed by atoms with Crippen LogP contribution in [0, 0.1) is 0 Å². The molecular weight excluding hydrogens is 354 g/mol. The third-order valence-corrected chi connectivity index (χ3v) is 3.97. The van der Waals surface area contributed by atoms with Gasteiger partial charge in [-0.2, -0.15) is 0 Å². The highest BCUT2D eigenvalue weighted by molar-refractivity contribution is 9.10. The lowest BCUT2D eigenvalue weighted by atomic mass is 9.94. The van der Waals surface area contributed by atoms with Gasteiger partial charge >= 0.3 is 0 Å². The number of hydrogen-bond acceptors (Lipinski definition) is 2. The van der Waals surface area contributed by atoms with Crippen LogP contribution in [-0.2, 0) is 11.2 Å². The van der Waals surface area contributed by atoms with E-state index in [1.165, 1.54) is 5.56 Å². The lowest BCUT2D eigenvalue weighted by Crippen LogP contribution is -2.49. The molecule has 2 aromatic carbocycles. The topological polar surface area (TPSA) is 38.3 Å². The highest BCUT2D eigenvalue weighted by Gasteiger charge is 2.24. The van der Waals surface area contributed by atoms with Crippen LogP contribution >= 0.6 is 15.9 Å². The highest BCUT2D eigenvalue weighted by Crippen LogP contribution is 2.18. The first-order valence-electron chi connectivity index (χ1n) is 7.64. The summed E-state index contributed by atoms with van der Waals surface area (Å²) < 4.78 is 6.67. The van der Waals surface area contributed by atoms with E-state index < -0.39 is 6.10 Å². The number of rotatable bonds is 6. The van der Waals surface area contributed by atoms with Crippen molar-refractivity contribution < 1.29 is 9.53 Å². The Balaban J connectivity index is 1.92. The van der Waals surface area contributed by atoms with Gasteiger partial charge in [-0.15, -0.1) is 0 Å². The van der Waals surface area contributed by atoms with E-state index >= 15 is 0 Å². The average molecular weight is 376 g/mol. The number of amides is 1. The molecule has 0 aliphatic rings. The summed E-state index contributed by atoms with van der Waals surface area (Å²) in [4.78, 5) is 12.4. The molecule has 4 heteroatoms. The summed E-state index contributed by atoms with van der Waals surface area (Å²) in [5.41, 5.74) is 0.856. The fraction of sp³-hybridized carbons (Fsp3) is 0.316. The van der Waals surface area contributed by atoms with E-state index in [0.717, 1.165) is 10.9 Å². The van der Waals surface area contributed by atoms with Crippen LogP contribution in [0.25, 0.3) is 0 Å². The van der Waals surface area contributed by atoms with E-state index in [4.69, 9.17) is 4.74 Å². The maximum Gasteiger partial charge on any atom is 0.261 e. The maximum atomic E-state index is 12.4. The van der Waals surface area contributed by atoms with Gasteiger partial charge in [0.2, 0.25) is 0 Å². The Labute approximate surface area is 146 Å². The lowest BCUT2D eigenvalue weighted by molar-refractivity contribution is -0.128. The van der Waals surface area contributed by atoms with Gasteiger partial charge in [-0.05, 0) is 57.0 Å². The van der Waals surface area contributed by atoms with Crippen LogP contribution in [0.15, 0.2) is 59.1 Å². The fourth-order valence-corrected chi connectivity index (χ4v) is 2.62. The minimum atomic E-state index is -0.550. The van der Waals surface area contributed by atoms with Gasteiger partial charge in [0.25, 0.3) is 5.91 Å². The Kier molecular flexibility index (Phi) is 5.83. The molecule has 0 bridgehead atoms. The minimum absolute atomic E-state index is 0.117. The number of carbonyl (C=O) groups excluding carboxylic acids is 1. The van der Waals surface area contributed by atoms with E-state index in [1.54, 1.807) is 6.92 Å². The van der Waals surface area contributed by atoms with Crippen LogP contribution in [0.4, 0.5) is 0 Å². The van der Waals surface area contributed by atoms with Crippen molar-refractivity contribution in [2.24, 2.45) is 0 Å². The van der Waals surface area contributed by atoms with Crippen molar-refractivity contribution in [3.8, 4) is 5.75 Å². The maximum absolute atomic E-state index is 12.4. The normalized spacial score (nSPS) is 12.5. The lowest BCUT2D eigenvalue weighted by Gasteiger charge is -2.28. The number of halogens is 1. The molecule has 0 aliphatic heterocycles. The summed E-state index contributed by atoms with van der Waals surface area (Å²) in [5.74, 6) is 0.561. The first kappa shape index (κ1) is 17.5. The second kappa shape index (κ2) is 7.64. The predicted octanol–water partition coefficient (Wildman–Crippen LogP) is 4.35. The molecule has 0 saturated heterocycles. The molecule has 0 spiro atoms. The van der Waals surface area contributed by atoms with Crippen LogP contribution in [0.2, 0.25) is 0 Å². The summed E-state index contributed by atoms with van der Waals surface area (Å²) in [6, 6.07) is 17.6. The quantitative estimate of drug-likeness (QED) is 0.814. The van der Waals surface area contributed by atoms with Gasteiger partial charge in [-0.1, -0.05) is 46.3 Å². The van der Waals surface area contributed by atoms with Crippen LogP contribution in [0.1, 0.15) is 26.3 Å². The third kappa shape index (κ3) is 5.71. The van der Waals surface area contributed by atoms with E-state index in [9.17, 15) is 4.79 Å². The van der Waals surface area contributed by atoms with Crippen molar-refractivity contribution in [1.29, 1.82) is 0 Å². The third-order valence-electron chi connectivity index (χ3n) is 3.45. The van der Waals surface area contributed by atoms with Gasteiger partial charge in [-0.25, -0.2) is 0 Å². The molecule has 0 fully saturated rings. The second-order valence-electron chi connectivity index (χ2n) is 6.25. The molecule has 122 valence electrons. The summed E-state index contributed by atoms with van der Waals surface area (Å²) in [5, 5.41) is 3.06. The largest absolute Gasteiger partial charge is 0.481 e. The Morgan fingerprint density at radius 3 is 2.35 bits per heavy atom.